The van der Waals surface area contributed by atoms with Gasteiger partial charge in [-0.25, -0.2) is 8.78 Å². The van der Waals surface area contributed by atoms with Crippen LogP contribution in [0, 0.1) is 11.6 Å². The number of carbonyl (C=O) groups is 1. The Balaban J connectivity index is 1.68. The van der Waals surface area contributed by atoms with Crippen molar-refractivity contribution in [2.24, 2.45) is 0 Å². The highest BCUT2D eigenvalue weighted by Crippen LogP contribution is 2.22. The average molecular weight is 349 g/mol. The smallest absolute Gasteiger partial charge is 0.230 e. The van der Waals surface area contributed by atoms with Crippen molar-refractivity contribution in [2.45, 2.75) is 6.42 Å². The highest BCUT2D eigenvalue weighted by atomic mass is 35.5. The number of nitrogens with one attached hydrogen (secondary N) is 1. The molecule has 1 amide bonds. The molecule has 0 fully saturated rings. The zero-order valence-electron chi connectivity index (χ0n) is 12.2. The third-order valence-corrected chi connectivity index (χ3v) is 3.49. The molecule has 3 aromatic rings. The van der Waals surface area contributed by atoms with Crippen LogP contribution in [0.15, 0.2) is 53.1 Å². The van der Waals surface area contributed by atoms with Gasteiger partial charge in [0.2, 0.25) is 5.91 Å². The molecule has 0 saturated carbocycles. The summed E-state index contributed by atoms with van der Waals surface area (Å²) in [4.78, 5) is 11.9. The number of hydrogen-bond acceptors (Lipinski definition) is 3. The fraction of sp³-hybridized carbons (Fsp3) is 0.0588. The SMILES string of the molecule is O=C(Cc1cc(-c2ccc(Cl)cc2)on1)Nc1ccc(F)cc1F. The molecule has 0 aliphatic carbocycles. The van der Waals surface area contributed by atoms with E-state index in [2.05, 4.69) is 10.5 Å². The Morgan fingerprint density at radius 1 is 1.12 bits per heavy atom. The van der Waals surface area contributed by atoms with Crippen LogP contribution >= 0.6 is 11.6 Å². The van der Waals surface area contributed by atoms with Crippen molar-refractivity contribution in [2.75, 3.05) is 5.32 Å². The summed E-state index contributed by atoms with van der Waals surface area (Å²) >= 11 is 5.82. The first-order chi connectivity index (χ1) is 11.5. The molecular weight excluding hydrogens is 338 g/mol. The van der Waals surface area contributed by atoms with Gasteiger partial charge in [0.1, 0.15) is 11.6 Å². The molecule has 0 atom stereocenters. The maximum atomic E-state index is 13.5. The van der Waals surface area contributed by atoms with Crippen LogP contribution in [-0.4, -0.2) is 11.1 Å². The highest BCUT2D eigenvalue weighted by molar-refractivity contribution is 6.30. The quantitative estimate of drug-likeness (QED) is 0.757. The van der Waals surface area contributed by atoms with Crippen LogP contribution in [0.2, 0.25) is 5.02 Å². The third-order valence-electron chi connectivity index (χ3n) is 3.23. The van der Waals surface area contributed by atoms with Gasteiger partial charge in [-0.3, -0.25) is 4.79 Å². The summed E-state index contributed by atoms with van der Waals surface area (Å²) in [7, 11) is 0. The summed E-state index contributed by atoms with van der Waals surface area (Å²) in [5.41, 5.74) is 1.06. The molecule has 1 heterocycles. The minimum Gasteiger partial charge on any atom is -0.356 e. The van der Waals surface area contributed by atoms with E-state index in [0.29, 0.717) is 22.5 Å². The molecule has 7 heteroatoms. The van der Waals surface area contributed by atoms with E-state index in [-0.39, 0.29) is 12.1 Å². The number of anilines is 1. The summed E-state index contributed by atoms with van der Waals surface area (Å²) < 4.78 is 31.5. The standard InChI is InChI=1S/C17H11ClF2N2O2/c18-11-3-1-10(2-4-11)16-8-13(22-24-16)9-17(23)21-15-6-5-12(19)7-14(15)20/h1-8H,9H2,(H,21,23). The van der Waals surface area contributed by atoms with E-state index in [0.717, 1.165) is 17.7 Å². The van der Waals surface area contributed by atoms with E-state index in [4.69, 9.17) is 16.1 Å². The molecule has 0 saturated heterocycles. The molecule has 122 valence electrons. The number of hydrogen-bond donors (Lipinski definition) is 1. The second-order valence-electron chi connectivity index (χ2n) is 5.04. The van der Waals surface area contributed by atoms with Crippen molar-refractivity contribution in [1.29, 1.82) is 0 Å². The fourth-order valence-corrected chi connectivity index (χ4v) is 2.22. The molecule has 0 aliphatic heterocycles. The molecule has 1 N–H and O–H groups in total. The maximum Gasteiger partial charge on any atom is 0.230 e. The summed E-state index contributed by atoms with van der Waals surface area (Å²) in [6.07, 6.45) is -0.103. The third kappa shape index (κ3) is 3.78. The van der Waals surface area contributed by atoms with Crippen molar-refractivity contribution in [1.82, 2.24) is 5.16 Å². The monoisotopic (exact) mass is 348 g/mol. The number of amides is 1. The van der Waals surface area contributed by atoms with Crippen molar-refractivity contribution in [3.63, 3.8) is 0 Å². The van der Waals surface area contributed by atoms with Crippen molar-refractivity contribution in [3.8, 4) is 11.3 Å². The summed E-state index contributed by atoms with van der Waals surface area (Å²) in [6.45, 7) is 0. The predicted molar refractivity (Wildman–Crippen MR) is 85.6 cm³/mol. The van der Waals surface area contributed by atoms with Gasteiger partial charge in [-0.05, 0) is 36.4 Å². The molecule has 0 unspecified atom stereocenters. The Morgan fingerprint density at radius 2 is 1.88 bits per heavy atom. The Morgan fingerprint density at radius 3 is 2.58 bits per heavy atom. The van der Waals surface area contributed by atoms with E-state index in [1.165, 1.54) is 0 Å². The Kier molecular flexibility index (Phi) is 4.57. The molecule has 0 radical (unpaired) electrons. The zero-order valence-corrected chi connectivity index (χ0v) is 13.0. The van der Waals surface area contributed by atoms with Crippen LogP contribution in [0.25, 0.3) is 11.3 Å². The zero-order chi connectivity index (χ0) is 17.1. The largest absolute Gasteiger partial charge is 0.356 e. The maximum absolute atomic E-state index is 13.5. The van der Waals surface area contributed by atoms with Crippen LogP contribution in [0.3, 0.4) is 0 Å². The van der Waals surface area contributed by atoms with Crippen molar-refractivity contribution >= 4 is 23.2 Å². The van der Waals surface area contributed by atoms with Gasteiger partial charge < -0.3 is 9.84 Å². The lowest BCUT2D eigenvalue weighted by Crippen LogP contribution is -2.15. The molecular formula is C17H11ClF2N2O2. The van der Waals surface area contributed by atoms with Crippen molar-refractivity contribution in [3.05, 3.63) is 70.9 Å². The number of aromatic nitrogens is 1. The molecule has 2 aromatic carbocycles. The van der Waals surface area contributed by atoms with E-state index in [1.807, 2.05) is 0 Å². The van der Waals surface area contributed by atoms with E-state index in [9.17, 15) is 13.6 Å². The number of benzene rings is 2. The predicted octanol–water partition coefficient (Wildman–Crippen LogP) is 4.45. The van der Waals surface area contributed by atoms with Gasteiger partial charge in [-0.1, -0.05) is 16.8 Å². The first-order valence-corrected chi connectivity index (χ1v) is 7.35. The van der Waals surface area contributed by atoms with Crippen molar-refractivity contribution < 1.29 is 18.1 Å². The van der Waals surface area contributed by atoms with Crippen LogP contribution in [0.4, 0.5) is 14.5 Å². The lowest BCUT2D eigenvalue weighted by molar-refractivity contribution is -0.115. The molecule has 4 nitrogen and oxygen atoms in total. The van der Waals surface area contributed by atoms with Crippen LogP contribution in [0.1, 0.15) is 5.69 Å². The second-order valence-corrected chi connectivity index (χ2v) is 5.47. The van der Waals surface area contributed by atoms with Gasteiger partial charge in [-0.15, -0.1) is 0 Å². The lowest BCUT2D eigenvalue weighted by Gasteiger charge is -2.04. The van der Waals surface area contributed by atoms with Crippen LogP contribution in [-0.2, 0) is 11.2 Å². The average Bonchev–Trinajstić information content (AvgIpc) is 2.99. The second kappa shape index (κ2) is 6.80. The number of nitrogens with zero attached hydrogens (tertiary/aromatic N) is 1. The minimum atomic E-state index is -0.842. The Hall–Kier alpha value is -2.73. The summed E-state index contributed by atoms with van der Waals surface area (Å²) in [6, 6.07) is 11.5. The first kappa shape index (κ1) is 16.1. The number of halogens is 3. The lowest BCUT2D eigenvalue weighted by atomic mass is 10.1. The molecule has 0 aliphatic rings. The normalized spacial score (nSPS) is 10.6. The minimum absolute atomic E-state index is 0.0946. The van der Waals surface area contributed by atoms with Gasteiger partial charge in [0, 0.05) is 22.7 Å². The summed E-state index contributed by atoms with van der Waals surface area (Å²) in [5.74, 6) is -1.56. The van der Waals surface area contributed by atoms with Crippen LogP contribution < -0.4 is 5.32 Å². The van der Waals surface area contributed by atoms with Gasteiger partial charge in [0.25, 0.3) is 0 Å². The van der Waals surface area contributed by atoms with Gasteiger partial charge >= 0.3 is 0 Å². The Bertz CT molecular complexity index is 879. The molecule has 0 bridgehead atoms. The number of rotatable bonds is 4. The molecule has 0 spiro atoms. The molecule has 1 aromatic heterocycles. The van der Waals surface area contributed by atoms with Gasteiger partial charge in [-0.2, -0.15) is 0 Å². The Labute approximate surface area is 141 Å². The van der Waals surface area contributed by atoms with Gasteiger partial charge in [0.15, 0.2) is 5.76 Å². The highest BCUT2D eigenvalue weighted by Gasteiger charge is 2.13. The molecule has 3 rings (SSSR count). The topological polar surface area (TPSA) is 55.1 Å². The number of carbonyl (C=O) groups excluding carboxylic acids is 1. The first-order valence-electron chi connectivity index (χ1n) is 6.98. The molecule has 24 heavy (non-hydrogen) atoms. The van der Waals surface area contributed by atoms with Gasteiger partial charge in [0.05, 0.1) is 17.8 Å². The summed E-state index contributed by atoms with van der Waals surface area (Å²) in [5, 5.41) is 6.77. The van der Waals surface area contributed by atoms with E-state index >= 15 is 0 Å². The van der Waals surface area contributed by atoms with Crippen LogP contribution in [0.5, 0.6) is 0 Å². The fourth-order valence-electron chi connectivity index (χ4n) is 2.10. The van der Waals surface area contributed by atoms with E-state index < -0.39 is 17.5 Å². The van der Waals surface area contributed by atoms with E-state index in [1.54, 1.807) is 30.3 Å².